The van der Waals surface area contributed by atoms with E-state index in [4.69, 9.17) is 16.3 Å². The molecule has 9 heteroatoms. The lowest BCUT2D eigenvalue weighted by Gasteiger charge is -2.28. The number of aromatic nitrogens is 4. The Kier molecular flexibility index (Phi) is 5.86. The normalized spacial score (nSPS) is 14.1. The highest BCUT2D eigenvalue weighted by atomic mass is 35.5. The van der Waals surface area contributed by atoms with Crippen molar-refractivity contribution in [3.63, 3.8) is 0 Å². The SMILES string of the molecule is CN(C)c1ccc(CN(C)c2ncnc3c(N4CCOCC4)nc(Cl)nc23)c2ccccc12. The van der Waals surface area contributed by atoms with E-state index in [9.17, 15) is 0 Å². The van der Waals surface area contributed by atoms with Crippen molar-refractivity contribution in [3.05, 3.63) is 53.6 Å². The minimum atomic E-state index is 0.189. The van der Waals surface area contributed by atoms with E-state index in [0.717, 1.165) is 24.7 Å². The summed E-state index contributed by atoms with van der Waals surface area (Å²) in [5.41, 5.74) is 3.75. The molecule has 2 aromatic carbocycles. The van der Waals surface area contributed by atoms with Crippen LogP contribution in [-0.4, -0.2) is 67.4 Å². The van der Waals surface area contributed by atoms with E-state index in [1.807, 2.05) is 7.05 Å². The summed E-state index contributed by atoms with van der Waals surface area (Å²) < 4.78 is 5.49. The number of hydrogen-bond donors (Lipinski definition) is 0. The Labute approximate surface area is 197 Å². The minimum absolute atomic E-state index is 0.189. The van der Waals surface area contributed by atoms with Crippen molar-refractivity contribution >= 4 is 50.7 Å². The number of benzene rings is 2. The van der Waals surface area contributed by atoms with E-state index < -0.39 is 0 Å². The second kappa shape index (κ2) is 8.96. The van der Waals surface area contributed by atoms with Gasteiger partial charge in [0, 0.05) is 51.9 Å². The number of hydrogen-bond acceptors (Lipinski definition) is 8. The molecule has 1 fully saturated rings. The Morgan fingerprint density at radius 2 is 1.70 bits per heavy atom. The van der Waals surface area contributed by atoms with Crippen molar-refractivity contribution in [1.82, 2.24) is 19.9 Å². The number of fused-ring (bicyclic) bond motifs is 2. The molecule has 1 aliphatic heterocycles. The van der Waals surface area contributed by atoms with Crippen molar-refractivity contribution in [3.8, 4) is 0 Å². The molecule has 0 saturated carbocycles. The van der Waals surface area contributed by atoms with Gasteiger partial charge < -0.3 is 19.4 Å². The molecule has 0 spiro atoms. The number of ether oxygens (including phenoxy) is 1. The van der Waals surface area contributed by atoms with Gasteiger partial charge in [0.1, 0.15) is 17.4 Å². The van der Waals surface area contributed by atoms with Crippen LogP contribution in [0.4, 0.5) is 17.3 Å². The van der Waals surface area contributed by atoms with Gasteiger partial charge >= 0.3 is 0 Å². The van der Waals surface area contributed by atoms with Gasteiger partial charge in [-0.15, -0.1) is 0 Å². The third-order valence-electron chi connectivity index (χ3n) is 5.97. The number of nitrogens with zero attached hydrogens (tertiary/aromatic N) is 7. The highest BCUT2D eigenvalue weighted by Gasteiger charge is 2.21. The van der Waals surface area contributed by atoms with Crippen molar-refractivity contribution in [2.24, 2.45) is 0 Å². The van der Waals surface area contributed by atoms with E-state index in [0.29, 0.717) is 30.8 Å². The van der Waals surface area contributed by atoms with E-state index in [1.165, 1.54) is 22.0 Å². The van der Waals surface area contributed by atoms with Crippen LogP contribution in [0, 0.1) is 0 Å². The average Bonchev–Trinajstić information content (AvgIpc) is 2.83. The van der Waals surface area contributed by atoms with Crippen LogP contribution >= 0.6 is 11.6 Å². The molecule has 0 radical (unpaired) electrons. The van der Waals surface area contributed by atoms with Gasteiger partial charge in [-0.3, -0.25) is 0 Å². The topological polar surface area (TPSA) is 70.5 Å². The van der Waals surface area contributed by atoms with Gasteiger partial charge in [-0.25, -0.2) is 15.0 Å². The van der Waals surface area contributed by atoms with Gasteiger partial charge in [0.15, 0.2) is 11.6 Å². The minimum Gasteiger partial charge on any atom is -0.378 e. The van der Waals surface area contributed by atoms with Gasteiger partial charge in [-0.05, 0) is 28.6 Å². The summed E-state index contributed by atoms with van der Waals surface area (Å²) in [6, 6.07) is 12.8. The van der Waals surface area contributed by atoms with E-state index in [2.05, 4.69) is 85.1 Å². The molecule has 1 saturated heterocycles. The fourth-order valence-corrected chi connectivity index (χ4v) is 4.54. The number of rotatable bonds is 5. The molecule has 5 rings (SSSR count). The van der Waals surface area contributed by atoms with Crippen LogP contribution in [-0.2, 0) is 11.3 Å². The summed E-state index contributed by atoms with van der Waals surface area (Å²) in [4.78, 5) is 24.5. The first kappa shape index (κ1) is 21.6. The highest BCUT2D eigenvalue weighted by molar-refractivity contribution is 6.29. The van der Waals surface area contributed by atoms with Crippen LogP contribution in [0.5, 0.6) is 0 Å². The first-order chi connectivity index (χ1) is 16.0. The van der Waals surface area contributed by atoms with E-state index in [1.54, 1.807) is 6.33 Å². The molecule has 0 atom stereocenters. The lowest BCUT2D eigenvalue weighted by molar-refractivity contribution is 0.122. The summed E-state index contributed by atoms with van der Waals surface area (Å²) in [5.74, 6) is 1.45. The molecule has 0 bridgehead atoms. The van der Waals surface area contributed by atoms with E-state index >= 15 is 0 Å². The van der Waals surface area contributed by atoms with Crippen LogP contribution in [0.1, 0.15) is 5.56 Å². The first-order valence-electron chi connectivity index (χ1n) is 10.9. The van der Waals surface area contributed by atoms with Crippen molar-refractivity contribution in [2.75, 3.05) is 62.1 Å². The van der Waals surface area contributed by atoms with Crippen molar-refractivity contribution in [2.45, 2.75) is 6.54 Å². The van der Waals surface area contributed by atoms with Gasteiger partial charge in [0.2, 0.25) is 5.28 Å². The second-order valence-electron chi connectivity index (χ2n) is 8.35. The Bertz CT molecular complexity index is 1310. The van der Waals surface area contributed by atoms with Crippen LogP contribution in [0.2, 0.25) is 5.28 Å². The molecule has 0 aliphatic carbocycles. The first-order valence-corrected chi connectivity index (χ1v) is 11.3. The number of halogens is 1. The van der Waals surface area contributed by atoms with Crippen LogP contribution in [0.3, 0.4) is 0 Å². The average molecular weight is 464 g/mol. The molecule has 0 unspecified atom stereocenters. The highest BCUT2D eigenvalue weighted by Crippen LogP contribution is 2.32. The Balaban J connectivity index is 1.55. The molecule has 4 aromatic rings. The Morgan fingerprint density at radius 3 is 2.45 bits per heavy atom. The summed E-state index contributed by atoms with van der Waals surface area (Å²) in [7, 11) is 6.15. The number of anilines is 3. The standard InChI is InChI=1S/C24H26ClN7O/c1-30(2)19-9-8-16(17-6-4-5-7-18(17)19)14-31(3)22-21-20(26-15-27-22)23(29-24(25)28-21)32-10-12-33-13-11-32/h4-9,15H,10-14H2,1-3H3. The predicted octanol–water partition coefficient (Wildman–Crippen LogP) is 3.77. The molecule has 0 amide bonds. The lowest BCUT2D eigenvalue weighted by atomic mass is 10.0. The van der Waals surface area contributed by atoms with Gasteiger partial charge in [0.05, 0.1) is 13.2 Å². The maximum absolute atomic E-state index is 6.35. The van der Waals surface area contributed by atoms with Gasteiger partial charge in [-0.2, -0.15) is 4.98 Å². The maximum Gasteiger partial charge on any atom is 0.225 e. The van der Waals surface area contributed by atoms with E-state index in [-0.39, 0.29) is 5.28 Å². The molecule has 33 heavy (non-hydrogen) atoms. The summed E-state index contributed by atoms with van der Waals surface area (Å²) >= 11 is 6.35. The monoisotopic (exact) mass is 463 g/mol. The third-order valence-corrected chi connectivity index (χ3v) is 6.14. The van der Waals surface area contributed by atoms with Crippen LogP contribution in [0.15, 0.2) is 42.7 Å². The Hall–Kier alpha value is -3.23. The summed E-state index contributed by atoms with van der Waals surface area (Å²) in [5, 5.41) is 2.63. The number of morpholine rings is 1. The molecule has 0 N–H and O–H groups in total. The molecule has 2 aromatic heterocycles. The zero-order valence-corrected chi connectivity index (χ0v) is 19.7. The molecule has 3 heterocycles. The largest absolute Gasteiger partial charge is 0.378 e. The summed E-state index contributed by atoms with van der Waals surface area (Å²) in [6.07, 6.45) is 1.57. The molecule has 8 nitrogen and oxygen atoms in total. The lowest BCUT2D eigenvalue weighted by Crippen LogP contribution is -2.37. The molecule has 1 aliphatic rings. The fraction of sp³-hybridized carbons (Fsp3) is 0.333. The smallest absolute Gasteiger partial charge is 0.225 e. The Morgan fingerprint density at radius 1 is 0.939 bits per heavy atom. The third kappa shape index (κ3) is 4.12. The fourth-order valence-electron chi connectivity index (χ4n) is 4.37. The van der Waals surface area contributed by atoms with Gasteiger partial charge in [-0.1, -0.05) is 30.3 Å². The molecular formula is C24H26ClN7O. The second-order valence-corrected chi connectivity index (χ2v) is 8.69. The van der Waals surface area contributed by atoms with Crippen LogP contribution < -0.4 is 14.7 Å². The van der Waals surface area contributed by atoms with Crippen molar-refractivity contribution in [1.29, 1.82) is 0 Å². The molecule has 170 valence electrons. The quantitative estimate of drug-likeness (QED) is 0.414. The zero-order valence-electron chi connectivity index (χ0n) is 19.0. The predicted molar refractivity (Wildman–Crippen MR) is 134 cm³/mol. The maximum atomic E-state index is 6.35. The summed E-state index contributed by atoms with van der Waals surface area (Å²) in [6.45, 7) is 3.44. The van der Waals surface area contributed by atoms with Gasteiger partial charge in [0.25, 0.3) is 0 Å². The van der Waals surface area contributed by atoms with Crippen molar-refractivity contribution < 1.29 is 4.74 Å². The molecular weight excluding hydrogens is 438 g/mol. The van der Waals surface area contributed by atoms with Crippen LogP contribution in [0.25, 0.3) is 21.8 Å². The zero-order chi connectivity index (χ0) is 22.9.